The molecule has 0 spiro atoms. The Kier molecular flexibility index (Phi) is 4.59. The van der Waals surface area contributed by atoms with Gasteiger partial charge in [0.05, 0.1) is 44.7 Å². The number of carbonyl (C=O) groups excluding carboxylic acids is 1. The number of ether oxygens (including phenoxy) is 2. The van der Waals surface area contributed by atoms with Gasteiger partial charge in [0.25, 0.3) is 0 Å². The van der Waals surface area contributed by atoms with E-state index in [4.69, 9.17) is 9.47 Å². The molecule has 0 aromatic heterocycles. The smallest absolute Gasteiger partial charge is 0.240 e. The van der Waals surface area contributed by atoms with Crippen LogP contribution in [0.2, 0.25) is 0 Å². The van der Waals surface area contributed by atoms with E-state index in [0.717, 1.165) is 6.42 Å². The van der Waals surface area contributed by atoms with Crippen molar-refractivity contribution in [2.24, 2.45) is 5.92 Å². The molecule has 104 valence electrons. The molecule has 18 heavy (non-hydrogen) atoms. The van der Waals surface area contributed by atoms with E-state index in [-0.39, 0.29) is 24.2 Å². The molecule has 2 heterocycles. The van der Waals surface area contributed by atoms with Gasteiger partial charge >= 0.3 is 0 Å². The monoisotopic (exact) mass is 256 g/mol. The molecule has 3 atom stereocenters. The Labute approximate surface area is 109 Å². The van der Waals surface area contributed by atoms with Crippen LogP contribution >= 0.6 is 0 Å². The molecule has 2 saturated heterocycles. The van der Waals surface area contributed by atoms with E-state index in [1.807, 2.05) is 11.8 Å². The summed E-state index contributed by atoms with van der Waals surface area (Å²) in [5.41, 5.74) is 0. The van der Waals surface area contributed by atoms with Gasteiger partial charge in [-0.3, -0.25) is 10.1 Å². The van der Waals surface area contributed by atoms with Gasteiger partial charge in [0.1, 0.15) is 0 Å². The fourth-order valence-electron chi connectivity index (χ4n) is 2.57. The molecule has 0 aliphatic carbocycles. The fraction of sp³-hybridized carbons (Fsp3) is 0.923. The zero-order valence-electron chi connectivity index (χ0n) is 11.5. The van der Waals surface area contributed by atoms with Crippen molar-refractivity contribution >= 4 is 5.91 Å². The maximum Gasteiger partial charge on any atom is 0.240 e. The van der Waals surface area contributed by atoms with Gasteiger partial charge in [-0.15, -0.1) is 0 Å². The second-order valence-corrected chi connectivity index (χ2v) is 5.59. The number of amides is 1. The van der Waals surface area contributed by atoms with Crippen LogP contribution in [0, 0.1) is 5.92 Å². The second kappa shape index (κ2) is 5.99. The quantitative estimate of drug-likeness (QED) is 0.800. The van der Waals surface area contributed by atoms with Crippen LogP contribution in [0.3, 0.4) is 0 Å². The first-order valence-electron chi connectivity index (χ1n) is 6.83. The zero-order chi connectivity index (χ0) is 13.1. The van der Waals surface area contributed by atoms with Crippen molar-refractivity contribution in [3.05, 3.63) is 0 Å². The van der Waals surface area contributed by atoms with Crippen molar-refractivity contribution < 1.29 is 14.3 Å². The number of rotatable bonds is 4. The van der Waals surface area contributed by atoms with E-state index in [2.05, 4.69) is 19.2 Å². The van der Waals surface area contributed by atoms with Crippen molar-refractivity contribution in [1.82, 2.24) is 10.2 Å². The van der Waals surface area contributed by atoms with Gasteiger partial charge in [-0.05, 0) is 19.3 Å². The lowest BCUT2D eigenvalue weighted by Gasteiger charge is -2.31. The Hall–Kier alpha value is -0.650. The molecule has 0 aromatic carbocycles. The third kappa shape index (κ3) is 3.22. The minimum atomic E-state index is -0.0849. The molecule has 1 N–H and O–H groups in total. The fourth-order valence-corrected chi connectivity index (χ4v) is 2.57. The lowest BCUT2D eigenvalue weighted by Crippen LogP contribution is -2.46. The van der Waals surface area contributed by atoms with Crippen LogP contribution in [0.15, 0.2) is 0 Å². The van der Waals surface area contributed by atoms with Gasteiger partial charge in [0.2, 0.25) is 5.91 Å². The van der Waals surface area contributed by atoms with Crippen molar-refractivity contribution in [2.45, 2.75) is 45.5 Å². The molecule has 0 radical (unpaired) electrons. The van der Waals surface area contributed by atoms with Crippen LogP contribution in [0.25, 0.3) is 0 Å². The molecule has 0 saturated carbocycles. The number of carbonyl (C=O) groups is 1. The minimum Gasteiger partial charge on any atom is -0.376 e. The Balaban J connectivity index is 1.95. The lowest BCUT2D eigenvalue weighted by atomic mass is 10.1. The maximum atomic E-state index is 12.1. The first-order valence-corrected chi connectivity index (χ1v) is 6.83. The Bertz CT molecular complexity index is 290. The third-order valence-electron chi connectivity index (χ3n) is 3.45. The van der Waals surface area contributed by atoms with Gasteiger partial charge in [-0.1, -0.05) is 13.8 Å². The summed E-state index contributed by atoms with van der Waals surface area (Å²) in [4.78, 5) is 14.1. The van der Waals surface area contributed by atoms with E-state index in [1.165, 1.54) is 0 Å². The van der Waals surface area contributed by atoms with Crippen molar-refractivity contribution in [2.75, 3.05) is 26.4 Å². The van der Waals surface area contributed by atoms with Crippen LogP contribution in [-0.4, -0.2) is 55.5 Å². The van der Waals surface area contributed by atoms with Gasteiger partial charge in [-0.25, -0.2) is 0 Å². The van der Waals surface area contributed by atoms with Crippen LogP contribution in [0.4, 0.5) is 0 Å². The molecule has 1 amide bonds. The van der Waals surface area contributed by atoms with Gasteiger partial charge in [0.15, 0.2) is 0 Å². The van der Waals surface area contributed by atoms with E-state index < -0.39 is 0 Å². The maximum absolute atomic E-state index is 12.1. The summed E-state index contributed by atoms with van der Waals surface area (Å²) < 4.78 is 11.0. The average molecular weight is 256 g/mol. The topological polar surface area (TPSA) is 50.8 Å². The minimum absolute atomic E-state index is 0.0180. The zero-order valence-corrected chi connectivity index (χ0v) is 11.5. The molecule has 2 aliphatic heterocycles. The summed E-state index contributed by atoms with van der Waals surface area (Å²) in [5, 5.41) is 3.35. The first kappa shape index (κ1) is 13.8. The van der Waals surface area contributed by atoms with E-state index in [0.29, 0.717) is 32.3 Å². The first-order chi connectivity index (χ1) is 8.58. The average Bonchev–Trinajstić information content (AvgIpc) is 2.58. The molecule has 5 nitrogen and oxygen atoms in total. The standard InChI is InChI=1S/C13H24N2O3/c1-9(2)6-12-14-10(3)13(16)15(12)7-11-8-17-4-5-18-11/h9-12,14H,4-8H2,1-3H3. The highest BCUT2D eigenvalue weighted by Crippen LogP contribution is 2.19. The Morgan fingerprint density at radius 3 is 2.83 bits per heavy atom. The van der Waals surface area contributed by atoms with E-state index >= 15 is 0 Å². The summed E-state index contributed by atoms with van der Waals surface area (Å²) in [6, 6.07) is -0.0849. The van der Waals surface area contributed by atoms with Crippen molar-refractivity contribution in [1.29, 1.82) is 0 Å². The van der Waals surface area contributed by atoms with E-state index in [9.17, 15) is 4.79 Å². The summed E-state index contributed by atoms with van der Waals surface area (Å²) in [5.74, 6) is 0.737. The number of hydrogen-bond acceptors (Lipinski definition) is 4. The Morgan fingerprint density at radius 2 is 2.22 bits per heavy atom. The van der Waals surface area contributed by atoms with Crippen LogP contribution in [-0.2, 0) is 14.3 Å². The van der Waals surface area contributed by atoms with Crippen LogP contribution < -0.4 is 5.32 Å². The predicted molar refractivity (Wildman–Crippen MR) is 68.1 cm³/mol. The molecule has 0 bridgehead atoms. The molecule has 0 aromatic rings. The van der Waals surface area contributed by atoms with Crippen molar-refractivity contribution in [3.8, 4) is 0 Å². The molecule has 2 aliphatic rings. The van der Waals surface area contributed by atoms with Gasteiger partial charge in [0, 0.05) is 0 Å². The molecule has 3 unspecified atom stereocenters. The molecule has 2 fully saturated rings. The third-order valence-corrected chi connectivity index (χ3v) is 3.45. The highest BCUT2D eigenvalue weighted by molar-refractivity contribution is 5.83. The normalized spacial score (nSPS) is 33.4. The van der Waals surface area contributed by atoms with Crippen LogP contribution in [0.1, 0.15) is 27.2 Å². The molecular formula is C13H24N2O3. The Morgan fingerprint density at radius 1 is 1.44 bits per heavy atom. The largest absolute Gasteiger partial charge is 0.376 e. The summed E-state index contributed by atoms with van der Waals surface area (Å²) in [7, 11) is 0. The molecule has 5 heteroatoms. The summed E-state index contributed by atoms with van der Waals surface area (Å²) in [6.45, 7) is 8.79. The lowest BCUT2D eigenvalue weighted by molar-refractivity contribution is -0.137. The predicted octanol–water partition coefficient (Wildman–Crippen LogP) is 0.594. The second-order valence-electron chi connectivity index (χ2n) is 5.59. The molecular weight excluding hydrogens is 232 g/mol. The van der Waals surface area contributed by atoms with Crippen molar-refractivity contribution in [3.63, 3.8) is 0 Å². The number of hydrogen-bond donors (Lipinski definition) is 1. The highest BCUT2D eigenvalue weighted by atomic mass is 16.6. The number of nitrogens with zero attached hydrogens (tertiary/aromatic N) is 1. The molecule has 2 rings (SSSR count). The SMILES string of the molecule is CC(C)CC1NC(C)C(=O)N1CC1COCCO1. The highest BCUT2D eigenvalue weighted by Gasteiger charge is 2.37. The van der Waals surface area contributed by atoms with Gasteiger partial charge in [-0.2, -0.15) is 0 Å². The summed E-state index contributed by atoms with van der Waals surface area (Å²) in [6.07, 6.45) is 1.13. The summed E-state index contributed by atoms with van der Waals surface area (Å²) >= 11 is 0. The van der Waals surface area contributed by atoms with Gasteiger partial charge < -0.3 is 14.4 Å². The number of nitrogens with one attached hydrogen (secondary N) is 1. The van der Waals surface area contributed by atoms with Crippen LogP contribution in [0.5, 0.6) is 0 Å². The van der Waals surface area contributed by atoms with E-state index in [1.54, 1.807) is 0 Å².